The topological polar surface area (TPSA) is 105 Å². The summed E-state index contributed by atoms with van der Waals surface area (Å²) in [5.74, 6) is -0.151. The van der Waals surface area contributed by atoms with Gasteiger partial charge >= 0.3 is 0 Å². The molecule has 0 atom stereocenters. The molecule has 16 heavy (non-hydrogen) atoms. The molecule has 1 aromatic carbocycles. The number of aromatic amines is 1. The lowest BCUT2D eigenvalue weighted by molar-refractivity contribution is 0.628. The van der Waals surface area contributed by atoms with Gasteiger partial charge < -0.3 is 11.5 Å². The first-order valence-electron chi connectivity index (χ1n) is 4.44. The van der Waals surface area contributed by atoms with Crippen molar-refractivity contribution in [2.45, 2.75) is 0 Å². The Hall–Kier alpha value is -2.44. The van der Waals surface area contributed by atoms with E-state index in [2.05, 4.69) is 20.4 Å². The number of aromatic nitrogens is 2. The van der Waals surface area contributed by atoms with Crippen molar-refractivity contribution in [1.29, 1.82) is 0 Å². The molecule has 0 unspecified atom stereocenters. The summed E-state index contributed by atoms with van der Waals surface area (Å²) in [6, 6.07) is 6.00. The monoisotopic (exact) mass is 220 g/mol. The molecule has 0 aliphatic heterocycles. The van der Waals surface area contributed by atoms with E-state index in [4.69, 9.17) is 11.5 Å². The molecule has 0 radical (unpaired) electrons. The fourth-order valence-corrected chi connectivity index (χ4v) is 1.11. The first-order valence-corrected chi connectivity index (χ1v) is 4.44. The number of azo groups is 1. The van der Waals surface area contributed by atoms with Crippen LogP contribution in [0.2, 0.25) is 0 Å². The Bertz CT molecular complexity index is 513. The zero-order valence-electron chi connectivity index (χ0n) is 8.18. The second kappa shape index (κ2) is 3.97. The molecule has 0 fully saturated rings. The minimum Gasteiger partial charge on any atom is -0.382 e. The van der Waals surface area contributed by atoms with Crippen LogP contribution in [0.5, 0.6) is 0 Å². The van der Waals surface area contributed by atoms with Gasteiger partial charge in [0.15, 0.2) is 17.3 Å². The van der Waals surface area contributed by atoms with E-state index in [1.807, 2.05) is 0 Å². The van der Waals surface area contributed by atoms with Crippen LogP contribution in [0.3, 0.4) is 0 Å². The van der Waals surface area contributed by atoms with Gasteiger partial charge in [-0.05, 0) is 12.1 Å². The zero-order chi connectivity index (χ0) is 11.5. The minimum atomic E-state index is -0.466. The largest absolute Gasteiger partial charge is 0.382 e. The van der Waals surface area contributed by atoms with Gasteiger partial charge in [0.25, 0.3) is 0 Å². The highest BCUT2D eigenvalue weighted by Gasteiger charge is 2.06. The number of anilines is 2. The molecule has 6 nitrogen and oxygen atoms in total. The van der Waals surface area contributed by atoms with Crippen LogP contribution in [0.25, 0.3) is 0 Å². The summed E-state index contributed by atoms with van der Waals surface area (Å²) in [5.41, 5.74) is 11.3. The number of hydrogen-bond acceptors (Lipinski definition) is 5. The van der Waals surface area contributed by atoms with Crippen molar-refractivity contribution in [3.05, 3.63) is 30.1 Å². The summed E-state index contributed by atoms with van der Waals surface area (Å²) in [4.78, 5) is 0. The fraction of sp³-hybridized carbons (Fsp3) is 0. The van der Waals surface area contributed by atoms with Crippen LogP contribution in [-0.2, 0) is 0 Å². The maximum Gasteiger partial charge on any atom is 0.175 e. The summed E-state index contributed by atoms with van der Waals surface area (Å²) in [6.07, 6.45) is 0. The molecule has 5 N–H and O–H groups in total. The smallest absolute Gasteiger partial charge is 0.175 e. The Balaban J connectivity index is 2.32. The van der Waals surface area contributed by atoms with Crippen LogP contribution < -0.4 is 11.5 Å². The predicted octanol–water partition coefficient (Wildman–Crippen LogP) is 2.13. The maximum absolute atomic E-state index is 13.2. The summed E-state index contributed by atoms with van der Waals surface area (Å²) in [7, 11) is 0. The molecule has 0 aliphatic rings. The number of benzene rings is 1. The molecular weight excluding hydrogens is 211 g/mol. The lowest BCUT2D eigenvalue weighted by atomic mass is 10.3. The molecule has 7 heteroatoms. The molecule has 0 amide bonds. The molecule has 0 aliphatic carbocycles. The van der Waals surface area contributed by atoms with E-state index in [0.717, 1.165) is 0 Å². The van der Waals surface area contributed by atoms with Crippen LogP contribution in [0.1, 0.15) is 0 Å². The maximum atomic E-state index is 13.2. The Morgan fingerprint density at radius 3 is 2.56 bits per heavy atom. The van der Waals surface area contributed by atoms with Gasteiger partial charge in [-0.15, -0.1) is 10.2 Å². The molecule has 0 spiro atoms. The number of nitrogens with one attached hydrogen (secondary N) is 1. The Labute approximate surface area is 90.2 Å². The first-order chi connectivity index (χ1) is 7.68. The van der Waals surface area contributed by atoms with E-state index < -0.39 is 5.82 Å². The normalized spacial score (nSPS) is 11.1. The van der Waals surface area contributed by atoms with Gasteiger partial charge in [-0.2, -0.15) is 5.10 Å². The van der Waals surface area contributed by atoms with Crippen molar-refractivity contribution in [2.75, 3.05) is 11.5 Å². The lowest BCUT2D eigenvalue weighted by Gasteiger charge is -1.94. The standard InChI is InChI=1S/C9H9FN6/c10-5-3-1-2-4-6(5)13-14-7-8(11)15-16-9(7)12/h1-4H,(H5,11,12,15,16). The number of halogens is 1. The Morgan fingerprint density at radius 1 is 1.19 bits per heavy atom. The second-order valence-corrected chi connectivity index (χ2v) is 3.02. The van der Waals surface area contributed by atoms with Crippen LogP contribution in [0.4, 0.5) is 27.4 Å². The number of nitrogens with two attached hydrogens (primary N) is 2. The molecule has 0 saturated heterocycles. The summed E-state index contributed by atoms with van der Waals surface area (Å²) in [6.45, 7) is 0. The third-order valence-corrected chi connectivity index (χ3v) is 1.90. The molecular formula is C9H9FN6. The van der Waals surface area contributed by atoms with Crippen molar-refractivity contribution in [3.63, 3.8) is 0 Å². The highest BCUT2D eigenvalue weighted by atomic mass is 19.1. The quantitative estimate of drug-likeness (QED) is 0.675. The summed E-state index contributed by atoms with van der Waals surface area (Å²) >= 11 is 0. The van der Waals surface area contributed by atoms with Crippen molar-refractivity contribution in [1.82, 2.24) is 10.2 Å². The van der Waals surface area contributed by atoms with Gasteiger partial charge in [-0.1, -0.05) is 12.1 Å². The number of nitrogen functional groups attached to an aromatic ring is 2. The van der Waals surface area contributed by atoms with Gasteiger partial charge in [0.2, 0.25) is 0 Å². The van der Waals surface area contributed by atoms with Crippen LogP contribution >= 0.6 is 0 Å². The number of H-pyrrole nitrogens is 1. The fourth-order valence-electron chi connectivity index (χ4n) is 1.11. The predicted molar refractivity (Wildman–Crippen MR) is 58.0 cm³/mol. The molecule has 1 aromatic heterocycles. The van der Waals surface area contributed by atoms with Crippen LogP contribution in [0, 0.1) is 5.82 Å². The SMILES string of the molecule is Nc1n[nH]c(N)c1N=Nc1ccccc1F. The van der Waals surface area contributed by atoms with Gasteiger partial charge in [-0.3, -0.25) is 5.10 Å². The van der Waals surface area contributed by atoms with E-state index in [9.17, 15) is 4.39 Å². The Morgan fingerprint density at radius 2 is 1.94 bits per heavy atom. The van der Waals surface area contributed by atoms with E-state index >= 15 is 0 Å². The molecule has 2 rings (SSSR count). The van der Waals surface area contributed by atoms with E-state index in [0.29, 0.717) is 0 Å². The zero-order valence-corrected chi connectivity index (χ0v) is 8.18. The number of hydrogen-bond donors (Lipinski definition) is 3. The van der Waals surface area contributed by atoms with Gasteiger partial charge in [0.1, 0.15) is 11.5 Å². The summed E-state index contributed by atoms with van der Waals surface area (Å²) in [5, 5.41) is 13.5. The van der Waals surface area contributed by atoms with Crippen LogP contribution in [0.15, 0.2) is 34.5 Å². The highest BCUT2D eigenvalue weighted by molar-refractivity contribution is 5.70. The molecule has 0 saturated carbocycles. The van der Waals surface area contributed by atoms with Crippen molar-refractivity contribution in [2.24, 2.45) is 10.2 Å². The number of rotatable bonds is 2. The van der Waals surface area contributed by atoms with Crippen molar-refractivity contribution >= 4 is 23.0 Å². The van der Waals surface area contributed by atoms with Gasteiger partial charge in [0.05, 0.1) is 0 Å². The minimum absolute atomic E-state index is 0.113. The molecule has 0 bridgehead atoms. The third kappa shape index (κ3) is 1.83. The van der Waals surface area contributed by atoms with E-state index in [1.54, 1.807) is 12.1 Å². The second-order valence-electron chi connectivity index (χ2n) is 3.02. The van der Waals surface area contributed by atoms with Crippen molar-refractivity contribution < 1.29 is 4.39 Å². The highest BCUT2D eigenvalue weighted by Crippen LogP contribution is 2.28. The first kappa shape index (κ1) is 10.1. The third-order valence-electron chi connectivity index (χ3n) is 1.90. The Kier molecular flexibility index (Phi) is 2.50. The van der Waals surface area contributed by atoms with E-state index in [1.165, 1.54) is 12.1 Å². The number of nitrogens with zero attached hydrogens (tertiary/aromatic N) is 3. The van der Waals surface area contributed by atoms with Crippen LogP contribution in [-0.4, -0.2) is 10.2 Å². The van der Waals surface area contributed by atoms with E-state index in [-0.39, 0.29) is 23.0 Å². The average molecular weight is 220 g/mol. The van der Waals surface area contributed by atoms with Gasteiger partial charge in [0, 0.05) is 0 Å². The molecule has 82 valence electrons. The van der Waals surface area contributed by atoms with Gasteiger partial charge in [-0.25, -0.2) is 4.39 Å². The van der Waals surface area contributed by atoms with Crippen molar-refractivity contribution in [3.8, 4) is 0 Å². The molecule has 1 heterocycles. The molecule has 2 aromatic rings. The lowest BCUT2D eigenvalue weighted by Crippen LogP contribution is -1.84. The average Bonchev–Trinajstić information content (AvgIpc) is 2.58. The summed E-state index contributed by atoms with van der Waals surface area (Å²) < 4.78 is 13.2.